The van der Waals surface area contributed by atoms with Gasteiger partial charge in [0, 0.05) is 17.6 Å². The molecule has 4 rings (SSSR count). The second-order valence-electron chi connectivity index (χ2n) is 5.85. The first kappa shape index (κ1) is 11.8. The fraction of sp³-hybridized carbons (Fsp3) is 0.438. The molecule has 0 radical (unpaired) electrons. The van der Waals surface area contributed by atoms with E-state index in [1.807, 2.05) is 24.4 Å². The first-order valence-corrected chi connectivity index (χ1v) is 7.24. The summed E-state index contributed by atoms with van der Waals surface area (Å²) < 4.78 is 10.9. The molecule has 2 aromatic rings. The Labute approximate surface area is 118 Å². The van der Waals surface area contributed by atoms with Crippen LogP contribution in [0.25, 0.3) is 10.8 Å². The van der Waals surface area contributed by atoms with Gasteiger partial charge >= 0.3 is 0 Å². The number of hydrogen-bond acceptors (Lipinski definition) is 4. The minimum absolute atomic E-state index is 0.308. The van der Waals surface area contributed by atoms with Crippen molar-refractivity contribution in [3.05, 3.63) is 24.4 Å². The molecule has 4 nitrogen and oxygen atoms in total. The quantitative estimate of drug-likeness (QED) is 0.906. The van der Waals surface area contributed by atoms with E-state index in [2.05, 4.69) is 17.2 Å². The van der Waals surface area contributed by atoms with Gasteiger partial charge in [-0.05, 0) is 48.8 Å². The molecule has 104 valence electrons. The first-order valence-electron chi connectivity index (χ1n) is 7.24. The molecule has 1 aliphatic carbocycles. The van der Waals surface area contributed by atoms with Crippen molar-refractivity contribution in [2.24, 2.45) is 5.92 Å². The number of benzene rings is 1. The van der Waals surface area contributed by atoms with E-state index in [1.165, 1.54) is 19.3 Å². The Hall–Kier alpha value is -1.97. The van der Waals surface area contributed by atoms with Crippen molar-refractivity contribution in [1.82, 2.24) is 4.98 Å². The average Bonchev–Trinajstić information content (AvgIpc) is 3.05. The van der Waals surface area contributed by atoms with Crippen molar-refractivity contribution in [1.29, 1.82) is 0 Å². The van der Waals surface area contributed by atoms with Crippen molar-refractivity contribution < 1.29 is 9.47 Å². The highest BCUT2D eigenvalue weighted by atomic mass is 16.7. The number of aromatic nitrogens is 1. The Morgan fingerprint density at radius 2 is 2.05 bits per heavy atom. The van der Waals surface area contributed by atoms with Crippen LogP contribution in [0.3, 0.4) is 0 Å². The summed E-state index contributed by atoms with van der Waals surface area (Å²) in [6.07, 6.45) is 5.60. The van der Waals surface area contributed by atoms with Crippen LogP contribution in [0, 0.1) is 5.92 Å². The fourth-order valence-corrected chi connectivity index (χ4v) is 3.21. The van der Waals surface area contributed by atoms with Crippen molar-refractivity contribution in [3.8, 4) is 11.5 Å². The summed E-state index contributed by atoms with van der Waals surface area (Å²) in [7, 11) is 0. The third-order valence-corrected chi connectivity index (χ3v) is 4.29. The third kappa shape index (κ3) is 1.96. The zero-order valence-electron chi connectivity index (χ0n) is 11.6. The van der Waals surface area contributed by atoms with Crippen LogP contribution in [0.1, 0.15) is 26.2 Å². The second kappa shape index (κ2) is 4.54. The molecule has 2 unspecified atom stereocenters. The van der Waals surface area contributed by atoms with Crippen LogP contribution in [-0.2, 0) is 0 Å². The summed E-state index contributed by atoms with van der Waals surface area (Å²) in [4.78, 5) is 4.51. The Bertz CT molecular complexity index is 656. The van der Waals surface area contributed by atoms with Gasteiger partial charge in [0.25, 0.3) is 0 Å². The van der Waals surface area contributed by atoms with E-state index in [9.17, 15) is 0 Å². The lowest BCUT2D eigenvalue weighted by molar-refractivity contribution is 0.174. The Morgan fingerprint density at radius 3 is 2.85 bits per heavy atom. The van der Waals surface area contributed by atoms with Gasteiger partial charge in [-0.1, -0.05) is 6.92 Å². The van der Waals surface area contributed by atoms with E-state index < -0.39 is 0 Å². The first-order chi connectivity index (χ1) is 9.79. The maximum absolute atomic E-state index is 5.47. The average molecular weight is 270 g/mol. The zero-order valence-corrected chi connectivity index (χ0v) is 11.6. The van der Waals surface area contributed by atoms with Crippen molar-refractivity contribution in [3.63, 3.8) is 0 Å². The lowest BCUT2D eigenvalue weighted by atomic mass is 10.1. The minimum atomic E-state index is 0.308. The lowest BCUT2D eigenvalue weighted by Crippen LogP contribution is -2.16. The number of nitrogens with one attached hydrogen (secondary N) is 1. The second-order valence-corrected chi connectivity index (χ2v) is 5.85. The number of anilines is 1. The minimum Gasteiger partial charge on any atom is -0.454 e. The predicted octanol–water partition coefficient (Wildman–Crippen LogP) is 3.56. The van der Waals surface area contributed by atoms with Crippen LogP contribution < -0.4 is 14.8 Å². The Kier molecular flexibility index (Phi) is 2.69. The van der Waals surface area contributed by atoms with Crippen LogP contribution in [0.15, 0.2) is 24.4 Å². The molecule has 2 atom stereocenters. The summed E-state index contributed by atoms with van der Waals surface area (Å²) in [5, 5.41) is 5.84. The highest BCUT2D eigenvalue weighted by Gasteiger charge is 2.22. The molecule has 0 bridgehead atoms. The molecule has 1 saturated carbocycles. The number of hydrogen-bond donors (Lipinski definition) is 1. The van der Waals surface area contributed by atoms with Gasteiger partial charge in [0.2, 0.25) is 6.79 Å². The lowest BCUT2D eigenvalue weighted by Gasteiger charge is -2.15. The number of pyridine rings is 1. The van der Waals surface area contributed by atoms with Gasteiger partial charge in [-0.15, -0.1) is 0 Å². The smallest absolute Gasteiger partial charge is 0.231 e. The van der Waals surface area contributed by atoms with E-state index >= 15 is 0 Å². The zero-order chi connectivity index (χ0) is 13.5. The number of nitrogens with zero attached hydrogens (tertiary/aromatic N) is 1. The van der Waals surface area contributed by atoms with Gasteiger partial charge < -0.3 is 14.8 Å². The molecule has 1 N–H and O–H groups in total. The van der Waals surface area contributed by atoms with E-state index in [4.69, 9.17) is 9.47 Å². The molecule has 1 aromatic carbocycles. The predicted molar refractivity (Wildman–Crippen MR) is 78.3 cm³/mol. The maximum atomic E-state index is 5.47. The third-order valence-electron chi connectivity index (χ3n) is 4.29. The SMILES string of the molecule is CC1CCC(Nc2nccc3cc4c(cc23)OCO4)C1. The molecule has 20 heavy (non-hydrogen) atoms. The molecule has 1 aliphatic heterocycles. The Balaban J connectivity index is 1.72. The van der Waals surface area contributed by atoms with Crippen molar-refractivity contribution in [2.45, 2.75) is 32.2 Å². The molecule has 4 heteroatoms. The molecule has 1 fully saturated rings. The van der Waals surface area contributed by atoms with Crippen LogP contribution in [0.5, 0.6) is 11.5 Å². The maximum Gasteiger partial charge on any atom is 0.231 e. The van der Waals surface area contributed by atoms with Crippen LogP contribution >= 0.6 is 0 Å². The summed E-state index contributed by atoms with van der Waals surface area (Å²) in [6.45, 7) is 2.62. The normalized spacial score (nSPS) is 24.2. The van der Waals surface area contributed by atoms with Crippen molar-refractivity contribution >= 4 is 16.6 Å². The molecule has 1 aromatic heterocycles. The van der Waals surface area contributed by atoms with E-state index in [0.29, 0.717) is 12.8 Å². The monoisotopic (exact) mass is 270 g/mol. The number of fused-ring (bicyclic) bond motifs is 2. The van der Waals surface area contributed by atoms with Gasteiger partial charge in [-0.2, -0.15) is 0 Å². The van der Waals surface area contributed by atoms with Gasteiger partial charge in [0.05, 0.1) is 0 Å². The van der Waals surface area contributed by atoms with E-state index in [0.717, 1.165) is 34.0 Å². The summed E-state index contributed by atoms with van der Waals surface area (Å²) in [5.74, 6) is 3.40. The van der Waals surface area contributed by atoms with Gasteiger partial charge in [-0.3, -0.25) is 0 Å². The van der Waals surface area contributed by atoms with Gasteiger partial charge in [0.1, 0.15) is 5.82 Å². The molecular weight excluding hydrogens is 252 g/mol. The standard InChI is InChI=1S/C16H18N2O2/c1-10-2-3-12(6-10)18-16-13-8-15-14(19-9-20-15)7-11(13)4-5-17-16/h4-5,7-8,10,12H,2-3,6,9H2,1H3,(H,17,18). The molecule has 2 heterocycles. The van der Waals surface area contributed by atoms with E-state index in [-0.39, 0.29) is 0 Å². The molecular formula is C16H18N2O2. The van der Waals surface area contributed by atoms with Crippen LogP contribution in [0.4, 0.5) is 5.82 Å². The van der Waals surface area contributed by atoms with Gasteiger partial charge in [-0.25, -0.2) is 4.98 Å². The summed E-state index contributed by atoms with van der Waals surface area (Å²) in [6, 6.07) is 6.61. The van der Waals surface area contributed by atoms with Gasteiger partial charge in [0.15, 0.2) is 11.5 Å². The van der Waals surface area contributed by atoms with E-state index in [1.54, 1.807) is 0 Å². The summed E-state index contributed by atoms with van der Waals surface area (Å²) >= 11 is 0. The van der Waals surface area contributed by atoms with Crippen LogP contribution in [0.2, 0.25) is 0 Å². The van der Waals surface area contributed by atoms with Crippen LogP contribution in [-0.4, -0.2) is 17.8 Å². The number of ether oxygens (including phenoxy) is 2. The highest BCUT2D eigenvalue weighted by molar-refractivity contribution is 5.94. The molecule has 0 saturated heterocycles. The Morgan fingerprint density at radius 1 is 1.20 bits per heavy atom. The molecule has 0 spiro atoms. The summed E-state index contributed by atoms with van der Waals surface area (Å²) in [5.41, 5.74) is 0. The molecule has 2 aliphatic rings. The largest absolute Gasteiger partial charge is 0.454 e. The molecule has 0 amide bonds. The van der Waals surface area contributed by atoms with Crippen molar-refractivity contribution in [2.75, 3.05) is 12.1 Å². The highest BCUT2D eigenvalue weighted by Crippen LogP contribution is 2.38. The number of rotatable bonds is 2. The fourth-order valence-electron chi connectivity index (χ4n) is 3.21. The topological polar surface area (TPSA) is 43.4 Å².